The number of benzene rings is 2. The Morgan fingerprint density at radius 2 is 1.74 bits per heavy atom. The highest BCUT2D eigenvalue weighted by atomic mass is 19.3. The third-order valence-corrected chi connectivity index (χ3v) is 6.32. The van der Waals surface area contributed by atoms with Crippen molar-refractivity contribution in [3.63, 3.8) is 0 Å². The molecule has 35 heavy (non-hydrogen) atoms. The third kappa shape index (κ3) is 4.37. The number of anilines is 4. The average Bonchev–Trinajstić information content (AvgIpc) is 3.20. The topological polar surface area (TPSA) is 75.2 Å². The van der Waals surface area contributed by atoms with Crippen LogP contribution >= 0.6 is 0 Å². The van der Waals surface area contributed by atoms with Gasteiger partial charge < -0.3 is 25.4 Å². The van der Waals surface area contributed by atoms with Crippen molar-refractivity contribution in [1.29, 1.82) is 0 Å². The van der Waals surface area contributed by atoms with Gasteiger partial charge in [-0.05, 0) is 43.4 Å². The molecule has 1 aliphatic heterocycles. The van der Waals surface area contributed by atoms with Crippen LogP contribution in [0.15, 0.2) is 54.7 Å². The van der Waals surface area contributed by atoms with Gasteiger partial charge >= 0.3 is 5.92 Å². The van der Waals surface area contributed by atoms with Crippen molar-refractivity contribution in [1.82, 2.24) is 19.4 Å². The van der Waals surface area contributed by atoms with Gasteiger partial charge in [0.05, 0.1) is 5.69 Å². The smallest absolute Gasteiger partial charge is 0.315 e. The first-order valence-electron chi connectivity index (χ1n) is 11.3. The standard InChI is InChI=1S/C25H26F3N7/c1-33-10-12-35(13-11-33)21-7-6-18(15-20(21)26)30-24-31-22(19-8-9-34(2)23(19)32-24)25(27,28)16-4-3-5-17(29)14-16/h3-9,14-15H,10-13,29H2,1-2H3,(H,30,31,32). The summed E-state index contributed by atoms with van der Waals surface area (Å²) in [6, 6.07) is 11.8. The highest BCUT2D eigenvalue weighted by Crippen LogP contribution is 2.39. The minimum Gasteiger partial charge on any atom is -0.399 e. The molecule has 0 radical (unpaired) electrons. The summed E-state index contributed by atoms with van der Waals surface area (Å²) >= 11 is 0. The molecule has 0 amide bonds. The molecule has 0 atom stereocenters. The number of aromatic nitrogens is 3. The summed E-state index contributed by atoms with van der Waals surface area (Å²) in [6.07, 6.45) is 1.65. The summed E-state index contributed by atoms with van der Waals surface area (Å²) in [5.74, 6) is -3.88. The number of nitrogens with one attached hydrogen (secondary N) is 1. The molecular weight excluding hydrogens is 455 g/mol. The maximum atomic E-state index is 15.6. The zero-order valence-corrected chi connectivity index (χ0v) is 19.5. The monoisotopic (exact) mass is 481 g/mol. The second-order valence-corrected chi connectivity index (χ2v) is 8.84. The Hall–Kier alpha value is -3.79. The van der Waals surface area contributed by atoms with E-state index >= 15 is 8.78 Å². The molecule has 1 aliphatic rings. The fourth-order valence-corrected chi connectivity index (χ4v) is 4.32. The first kappa shape index (κ1) is 23.0. The number of fused-ring (bicyclic) bond motifs is 1. The summed E-state index contributed by atoms with van der Waals surface area (Å²) in [7, 11) is 3.75. The lowest BCUT2D eigenvalue weighted by atomic mass is 10.0. The molecule has 4 aromatic rings. The first-order chi connectivity index (χ1) is 16.7. The van der Waals surface area contributed by atoms with Crippen molar-refractivity contribution in [2.24, 2.45) is 7.05 Å². The number of nitrogens with zero attached hydrogens (tertiary/aromatic N) is 5. The maximum absolute atomic E-state index is 15.6. The molecule has 3 N–H and O–H groups in total. The second-order valence-electron chi connectivity index (χ2n) is 8.84. The van der Waals surface area contributed by atoms with Crippen LogP contribution in [0.1, 0.15) is 11.3 Å². The molecule has 2 aromatic heterocycles. The van der Waals surface area contributed by atoms with Crippen LogP contribution in [0.5, 0.6) is 0 Å². The number of hydrogen-bond donors (Lipinski definition) is 2. The molecule has 0 unspecified atom stereocenters. The Balaban J connectivity index is 1.50. The van der Waals surface area contributed by atoms with Gasteiger partial charge in [0.2, 0.25) is 5.95 Å². The normalized spacial score (nSPS) is 15.1. The van der Waals surface area contributed by atoms with Crippen molar-refractivity contribution in [3.05, 3.63) is 71.8 Å². The van der Waals surface area contributed by atoms with Crippen LogP contribution in [0.25, 0.3) is 11.0 Å². The number of halogens is 3. The van der Waals surface area contributed by atoms with E-state index in [0.29, 0.717) is 17.0 Å². The van der Waals surface area contributed by atoms with Gasteiger partial charge in [0.25, 0.3) is 0 Å². The van der Waals surface area contributed by atoms with Crippen molar-refractivity contribution in [2.45, 2.75) is 5.92 Å². The van der Waals surface area contributed by atoms with E-state index in [1.54, 1.807) is 42.1 Å². The van der Waals surface area contributed by atoms with Crippen molar-refractivity contribution in [3.8, 4) is 0 Å². The fourth-order valence-electron chi connectivity index (χ4n) is 4.32. The number of hydrogen-bond acceptors (Lipinski definition) is 6. The van der Waals surface area contributed by atoms with Crippen LogP contribution in [0.3, 0.4) is 0 Å². The van der Waals surface area contributed by atoms with Gasteiger partial charge in [0.15, 0.2) is 0 Å². The summed E-state index contributed by atoms with van der Waals surface area (Å²) in [4.78, 5) is 12.8. The molecule has 1 saturated heterocycles. The van der Waals surface area contributed by atoms with Crippen molar-refractivity contribution >= 4 is 34.0 Å². The van der Waals surface area contributed by atoms with Crippen LogP contribution < -0.4 is 16.0 Å². The molecule has 1 fully saturated rings. The molecule has 7 nitrogen and oxygen atoms in total. The number of nitrogen functional groups attached to an aromatic ring is 1. The van der Waals surface area contributed by atoms with Gasteiger partial charge in [-0.1, -0.05) is 12.1 Å². The van der Waals surface area contributed by atoms with Crippen molar-refractivity contribution < 1.29 is 13.2 Å². The quantitative estimate of drug-likeness (QED) is 0.414. The lowest BCUT2D eigenvalue weighted by Gasteiger charge is -2.34. The number of likely N-dealkylation sites (N-methyl/N-ethyl adjacent to an activating group) is 1. The minimum absolute atomic E-state index is 0.0513. The molecular formula is C25H26F3N7. The SMILES string of the molecule is CN1CCN(c2ccc(Nc3nc(C(F)(F)c4cccc(N)c4)c4ccn(C)c4n3)cc2F)CC1. The number of piperazine rings is 1. The van der Waals surface area contributed by atoms with Crippen LogP contribution in [0.2, 0.25) is 0 Å². The van der Waals surface area contributed by atoms with E-state index < -0.39 is 17.4 Å². The Kier molecular flexibility index (Phi) is 5.76. The first-order valence-corrected chi connectivity index (χ1v) is 11.3. The van der Waals surface area contributed by atoms with E-state index in [4.69, 9.17) is 5.73 Å². The minimum atomic E-state index is -3.43. The zero-order valence-electron chi connectivity index (χ0n) is 19.5. The molecule has 0 saturated carbocycles. The van der Waals surface area contributed by atoms with Gasteiger partial charge in [-0.3, -0.25) is 0 Å². The predicted octanol–water partition coefficient (Wildman–Crippen LogP) is 4.33. The van der Waals surface area contributed by atoms with E-state index in [2.05, 4.69) is 20.2 Å². The molecule has 5 rings (SSSR count). The van der Waals surface area contributed by atoms with E-state index in [1.165, 1.54) is 24.3 Å². The molecule has 0 bridgehead atoms. The zero-order chi connectivity index (χ0) is 24.7. The highest BCUT2D eigenvalue weighted by Gasteiger charge is 2.38. The van der Waals surface area contributed by atoms with Crippen LogP contribution in [0.4, 0.5) is 36.2 Å². The lowest BCUT2D eigenvalue weighted by molar-refractivity contribution is 0.0399. The molecule has 3 heterocycles. The summed E-state index contributed by atoms with van der Waals surface area (Å²) < 4.78 is 47.8. The highest BCUT2D eigenvalue weighted by molar-refractivity contribution is 5.82. The van der Waals surface area contributed by atoms with E-state index in [1.807, 2.05) is 11.9 Å². The average molecular weight is 482 g/mol. The van der Waals surface area contributed by atoms with Gasteiger partial charge in [0.1, 0.15) is 17.2 Å². The third-order valence-electron chi connectivity index (χ3n) is 6.32. The number of rotatable bonds is 5. The number of aryl methyl sites for hydroxylation is 1. The maximum Gasteiger partial charge on any atom is 0.315 e. The predicted molar refractivity (Wildman–Crippen MR) is 132 cm³/mol. The molecule has 182 valence electrons. The lowest BCUT2D eigenvalue weighted by Crippen LogP contribution is -2.44. The molecule has 2 aromatic carbocycles. The van der Waals surface area contributed by atoms with Crippen LogP contribution in [-0.2, 0) is 13.0 Å². The summed E-state index contributed by atoms with van der Waals surface area (Å²) in [6.45, 7) is 3.17. The largest absolute Gasteiger partial charge is 0.399 e. The van der Waals surface area contributed by atoms with Crippen molar-refractivity contribution in [2.75, 3.05) is 49.2 Å². The van der Waals surface area contributed by atoms with E-state index in [0.717, 1.165) is 26.2 Å². The van der Waals surface area contributed by atoms with Gasteiger partial charge in [-0.2, -0.15) is 13.8 Å². The van der Waals surface area contributed by atoms with Gasteiger partial charge in [-0.15, -0.1) is 0 Å². The molecule has 10 heteroatoms. The van der Waals surface area contributed by atoms with Crippen LogP contribution in [-0.4, -0.2) is 52.7 Å². The summed E-state index contributed by atoms with van der Waals surface area (Å²) in [5.41, 5.74) is 6.46. The van der Waals surface area contributed by atoms with Gasteiger partial charge in [-0.25, -0.2) is 9.37 Å². The van der Waals surface area contributed by atoms with E-state index in [-0.39, 0.29) is 22.6 Å². The fraction of sp³-hybridized carbons (Fsp3) is 0.280. The Morgan fingerprint density at radius 1 is 0.971 bits per heavy atom. The molecule has 0 aliphatic carbocycles. The number of alkyl halides is 2. The molecule has 0 spiro atoms. The Labute approximate surface area is 201 Å². The summed E-state index contributed by atoms with van der Waals surface area (Å²) in [5, 5.41) is 3.13. The van der Waals surface area contributed by atoms with E-state index in [9.17, 15) is 4.39 Å². The Bertz CT molecular complexity index is 1380. The van der Waals surface area contributed by atoms with Crippen LogP contribution in [0, 0.1) is 5.82 Å². The number of nitrogens with two attached hydrogens (primary N) is 1. The second kappa shape index (κ2) is 8.77. The Morgan fingerprint density at radius 3 is 2.46 bits per heavy atom. The van der Waals surface area contributed by atoms with Gasteiger partial charge in [0, 0.05) is 61.7 Å².